The molecule has 0 amide bonds. The second-order valence-electron chi connectivity index (χ2n) is 2.83. The predicted molar refractivity (Wildman–Crippen MR) is 53.6 cm³/mol. The summed E-state index contributed by atoms with van der Waals surface area (Å²) in [7, 11) is 0. The van der Waals surface area contributed by atoms with Gasteiger partial charge in [0.1, 0.15) is 5.03 Å². The van der Waals surface area contributed by atoms with Gasteiger partial charge in [-0.05, 0) is 13.3 Å². The van der Waals surface area contributed by atoms with Crippen LogP contribution in [-0.2, 0) is 13.1 Å². The second kappa shape index (κ2) is 3.91. The van der Waals surface area contributed by atoms with Crippen molar-refractivity contribution in [3.63, 3.8) is 0 Å². The Morgan fingerprint density at radius 3 is 2.38 bits per heavy atom. The average Bonchev–Trinajstić information content (AvgIpc) is 2.31. The lowest BCUT2D eigenvalue weighted by Gasteiger charge is -1.97. The van der Waals surface area contributed by atoms with E-state index in [1.807, 2.05) is 13.8 Å². The topological polar surface area (TPSA) is 47.2 Å². The molecule has 1 heterocycles. The molecular formula is C8H14N2O2S. The van der Waals surface area contributed by atoms with Gasteiger partial charge in [-0.3, -0.25) is 9.13 Å². The number of aromatic hydroxyl groups is 1. The van der Waals surface area contributed by atoms with Gasteiger partial charge >= 0.3 is 5.69 Å². The summed E-state index contributed by atoms with van der Waals surface area (Å²) in [4.78, 5) is 11.5. The molecule has 0 radical (unpaired) electrons. The Morgan fingerprint density at radius 1 is 1.38 bits per heavy atom. The molecule has 4 nitrogen and oxygen atoms in total. The summed E-state index contributed by atoms with van der Waals surface area (Å²) < 4.78 is 2.78. The van der Waals surface area contributed by atoms with Gasteiger partial charge < -0.3 is 5.11 Å². The highest BCUT2D eigenvalue weighted by atomic mass is 32.1. The highest BCUT2D eigenvalue weighted by molar-refractivity contribution is 7.80. The van der Waals surface area contributed by atoms with Crippen LogP contribution < -0.4 is 5.69 Å². The van der Waals surface area contributed by atoms with Gasteiger partial charge in [-0.1, -0.05) is 6.92 Å². The first-order valence-electron chi connectivity index (χ1n) is 4.34. The SMILES string of the molecule is CCCn1c(O)c(S)n(CC)c1=O. The third kappa shape index (κ3) is 1.60. The molecular weight excluding hydrogens is 188 g/mol. The standard InChI is InChI=1S/C8H14N2O2S/c1-3-5-10-6(11)7(13)9(4-2)8(10)12/h11,13H,3-5H2,1-2H3. The predicted octanol–water partition coefficient (Wildman–Crippen LogP) is 1.07. The lowest BCUT2D eigenvalue weighted by molar-refractivity contribution is 0.401. The van der Waals surface area contributed by atoms with Crippen LogP contribution in [0.25, 0.3) is 0 Å². The highest BCUT2D eigenvalue weighted by Gasteiger charge is 2.14. The van der Waals surface area contributed by atoms with E-state index in [-0.39, 0.29) is 11.6 Å². The van der Waals surface area contributed by atoms with Gasteiger partial charge in [-0.15, -0.1) is 12.6 Å². The first-order valence-corrected chi connectivity index (χ1v) is 4.79. The van der Waals surface area contributed by atoms with Crippen molar-refractivity contribution in [1.82, 2.24) is 9.13 Å². The molecule has 0 aromatic carbocycles. The van der Waals surface area contributed by atoms with Crippen LogP contribution in [0, 0.1) is 0 Å². The van der Waals surface area contributed by atoms with E-state index < -0.39 is 0 Å². The van der Waals surface area contributed by atoms with Crippen LogP contribution in [0.4, 0.5) is 0 Å². The summed E-state index contributed by atoms with van der Waals surface area (Å²) in [6.07, 6.45) is 0.814. The molecule has 0 fully saturated rings. The Balaban J connectivity index is 3.28. The number of imidazole rings is 1. The first kappa shape index (κ1) is 10.2. The third-order valence-electron chi connectivity index (χ3n) is 1.94. The molecule has 1 aromatic heterocycles. The van der Waals surface area contributed by atoms with E-state index in [0.717, 1.165) is 6.42 Å². The summed E-state index contributed by atoms with van der Waals surface area (Å²) in [5.74, 6) is -0.0305. The van der Waals surface area contributed by atoms with E-state index in [2.05, 4.69) is 12.6 Å². The minimum atomic E-state index is -0.188. The number of aromatic nitrogens is 2. The fourth-order valence-corrected chi connectivity index (χ4v) is 1.63. The van der Waals surface area contributed by atoms with E-state index >= 15 is 0 Å². The molecule has 1 aromatic rings. The fourth-order valence-electron chi connectivity index (χ4n) is 1.28. The minimum Gasteiger partial charge on any atom is -0.492 e. The molecule has 0 bridgehead atoms. The quantitative estimate of drug-likeness (QED) is 0.720. The van der Waals surface area contributed by atoms with Crippen LogP contribution in [0.2, 0.25) is 0 Å². The largest absolute Gasteiger partial charge is 0.492 e. The number of hydrogen-bond acceptors (Lipinski definition) is 3. The summed E-state index contributed by atoms with van der Waals surface area (Å²) in [6.45, 7) is 4.86. The van der Waals surface area contributed by atoms with Crippen molar-refractivity contribution < 1.29 is 5.11 Å². The minimum absolute atomic E-state index is 0.0305. The van der Waals surface area contributed by atoms with Crippen molar-refractivity contribution in [3.05, 3.63) is 10.5 Å². The first-order chi connectivity index (χ1) is 6.13. The molecule has 5 heteroatoms. The second-order valence-corrected chi connectivity index (χ2v) is 3.25. The van der Waals surface area contributed by atoms with Crippen molar-refractivity contribution in [1.29, 1.82) is 0 Å². The average molecular weight is 202 g/mol. The molecule has 0 saturated heterocycles. The highest BCUT2D eigenvalue weighted by Crippen LogP contribution is 2.19. The Hall–Kier alpha value is -0.840. The van der Waals surface area contributed by atoms with Gasteiger partial charge in [-0.2, -0.15) is 0 Å². The monoisotopic (exact) mass is 202 g/mol. The summed E-state index contributed by atoms with van der Waals surface area (Å²) in [5.41, 5.74) is -0.188. The molecule has 0 unspecified atom stereocenters. The molecule has 0 atom stereocenters. The van der Waals surface area contributed by atoms with E-state index in [9.17, 15) is 9.90 Å². The van der Waals surface area contributed by atoms with Crippen LogP contribution in [0.3, 0.4) is 0 Å². The Labute approximate surface area is 82.2 Å². The molecule has 0 spiro atoms. The smallest absolute Gasteiger partial charge is 0.331 e. The number of nitrogens with zero attached hydrogens (tertiary/aromatic N) is 2. The van der Waals surface area contributed by atoms with E-state index in [0.29, 0.717) is 18.1 Å². The zero-order chi connectivity index (χ0) is 10.0. The van der Waals surface area contributed by atoms with E-state index in [1.54, 1.807) is 0 Å². The zero-order valence-corrected chi connectivity index (χ0v) is 8.71. The van der Waals surface area contributed by atoms with Gasteiger partial charge in [0.25, 0.3) is 0 Å². The van der Waals surface area contributed by atoms with Gasteiger partial charge in [-0.25, -0.2) is 4.79 Å². The van der Waals surface area contributed by atoms with Crippen LogP contribution in [0.15, 0.2) is 9.82 Å². The lowest BCUT2D eigenvalue weighted by Crippen LogP contribution is -2.23. The molecule has 1 N–H and O–H groups in total. The summed E-state index contributed by atoms with van der Waals surface area (Å²) in [5, 5.41) is 9.88. The van der Waals surface area contributed by atoms with Gasteiger partial charge in [0.2, 0.25) is 5.88 Å². The van der Waals surface area contributed by atoms with Crippen molar-refractivity contribution in [3.8, 4) is 5.88 Å². The molecule has 0 aliphatic carbocycles. The van der Waals surface area contributed by atoms with Crippen molar-refractivity contribution in [2.24, 2.45) is 0 Å². The zero-order valence-electron chi connectivity index (χ0n) is 7.82. The fraction of sp³-hybridized carbons (Fsp3) is 0.625. The molecule has 0 saturated carbocycles. The van der Waals surface area contributed by atoms with Crippen molar-refractivity contribution in [2.75, 3.05) is 0 Å². The number of hydrogen-bond donors (Lipinski definition) is 2. The number of thiol groups is 1. The summed E-state index contributed by atoms with van der Waals surface area (Å²) in [6, 6.07) is 0. The maximum absolute atomic E-state index is 11.5. The Kier molecular flexibility index (Phi) is 3.08. The Bertz CT molecular complexity index is 354. The Morgan fingerprint density at radius 2 is 2.00 bits per heavy atom. The molecule has 0 aliphatic heterocycles. The van der Waals surface area contributed by atoms with Crippen molar-refractivity contribution in [2.45, 2.75) is 38.4 Å². The summed E-state index contributed by atoms with van der Waals surface area (Å²) >= 11 is 4.07. The van der Waals surface area contributed by atoms with Crippen LogP contribution in [-0.4, -0.2) is 14.2 Å². The normalized spacial score (nSPS) is 10.7. The van der Waals surface area contributed by atoms with Crippen LogP contribution in [0.1, 0.15) is 20.3 Å². The molecule has 1 rings (SSSR count). The number of rotatable bonds is 3. The maximum Gasteiger partial charge on any atom is 0.331 e. The van der Waals surface area contributed by atoms with Crippen molar-refractivity contribution >= 4 is 12.6 Å². The molecule has 13 heavy (non-hydrogen) atoms. The maximum atomic E-state index is 11.5. The molecule has 0 aliphatic rings. The van der Waals surface area contributed by atoms with Crippen LogP contribution in [0.5, 0.6) is 5.88 Å². The van der Waals surface area contributed by atoms with Gasteiger partial charge in [0.05, 0.1) is 0 Å². The molecule has 74 valence electrons. The van der Waals surface area contributed by atoms with Crippen LogP contribution >= 0.6 is 12.6 Å². The van der Waals surface area contributed by atoms with E-state index in [4.69, 9.17) is 0 Å². The van der Waals surface area contributed by atoms with Gasteiger partial charge in [0.15, 0.2) is 0 Å². The van der Waals surface area contributed by atoms with Gasteiger partial charge in [0, 0.05) is 13.1 Å². The van der Waals surface area contributed by atoms with E-state index in [1.165, 1.54) is 9.13 Å². The third-order valence-corrected chi connectivity index (χ3v) is 2.38. The lowest BCUT2D eigenvalue weighted by atomic mass is 10.5.